The van der Waals surface area contributed by atoms with Crippen LogP contribution in [0.25, 0.3) is 0 Å². The molecule has 0 saturated heterocycles. The van der Waals surface area contributed by atoms with Crippen LogP contribution in [0.2, 0.25) is 36.3 Å². The van der Waals surface area contributed by atoms with Crippen LogP contribution in [0.5, 0.6) is 0 Å². The molecular weight excluding hydrogens is 1030 g/mol. The molecule has 0 saturated carbocycles. The Morgan fingerprint density at radius 2 is 0.650 bits per heavy atom. The molecule has 0 spiro atoms. The van der Waals surface area contributed by atoms with E-state index in [2.05, 4.69) is 120 Å². The average Bonchev–Trinajstić information content (AvgIpc) is 2.64. The fourth-order valence-electron chi connectivity index (χ4n) is 5.33. The van der Waals surface area contributed by atoms with Gasteiger partial charge in [0.2, 0.25) is 0 Å². The largest absolute Gasteiger partial charge is 0.153 e. The van der Waals surface area contributed by atoms with Crippen LogP contribution in [0, 0.1) is 0 Å². The van der Waals surface area contributed by atoms with Gasteiger partial charge in [-0.1, -0.05) is 59.0 Å². The molecule has 0 N–H and O–H groups in total. The summed E-state index contributed by atoms with van der Waals surface area (Å²) in [6, 6.07) is 6.25. The van der Waals surface area contributed by atoms with Gasteiger partial charge in [-0.2, -0.15) is 39.6 Å². The Labute approximate surface area is 331 Å². The van der Waals surface area contributed by atoms with Gasteiger partial charge in [0.05, 0.1) is 16.1 Å². The zero-order chi connectivity index (χ0) is 23.1. The molecular formula is C26H60Br6P6Si2. The summed E-state index contributed by atoms with van der Waals surface area (Å²) in [7, 11) is 2.60. The molecule has 14 heteroatoms. The van der Waals surface area contributed by atoms with Crippen molar-refractivity contribution in [1.29, 1.82) is 0 Å². The van der Waals surface area contributed by atoms with E-state index < -0.39 is 16.1 Å². The van der Waals surface area contributed by atoms with Crippen LogP contribution in [0.4, 0.5) is 0 Å². The summed E-state index contributed by atoms with van der Waals surface area (Å²) >= 11 is 0. The Hall–Kier alpha value is 3.81. The maximum Gasteiger partial charge on any atom is 0.0937 e. The molecule has 0 bridgehead atoms. The lowest BCUT2D eigenvalue weighted by Crippen LogP contribution is -2.51. The lowest BCUT2D eigenvalue weighted by Gasteiger charge is -2.50. The first-order chi connectivity index (χ1) is 14.0. The summed E-state index contributed by atoms with van der Waals surface area (Å²) in [6.07, 6.45) is 17.8. The van der Waals surface area contributed by atoms with Gasteiger partial charge < -0.3 is 0 Å². The van der Waals surface area contributed by atoms with Crippen LogP contribution in [0.15, 0.2) is 98.5 Å². The summed E-state index contributed by atoms with van der Waals surface area (Å²) in [5, 5.41) is 2.96. The van der Waals surface area contributed by atoms with E-state index in [0.717, 1.165) is 36.3 Å². The van der Waals surface area contributed by atoms with E-state index in [-0.39, 0.29) is 152 Å². The minimum atomic E-state index is -1.88. The third kappa shape index (κ3) is 18.2. The summed E-state index contributed by atoms with van der Waals surface area (Å²) in [4.78, 5) is 0. The quantitative estimate of drug-likeness (QED) is 0.0924. The monoisotopic (exact) mass is 1090 g/mol. The molecule has 0 heterocycles. The molecule has 1 rings (SSSR count). The van der Waals surface area contributed by atoms with Gasteiger partial charge in [0.1, 0.15) is 0 Å². The number of halogens is 6. The standard InChI is InChI=1S/C26H42P2Si2.6BrH.4H3P/c1-9-15-29(16-10-2,17-11-3)23-21-26(8,28)24(22-25(23,7)27)30(18-12-4,19-13-5)20-14-6;;;;;;;;;;/h9-14,21-22H,1-6,15-20,27-28H2,7-8H3;6*1H;4*1H3. The number of hydrogen-bond acceptors (Lipinski definition) is 0. The number of rotatable bonds is 14. The molecule has 1 aliphatic carbocycles. The molecule has 8 atom stereocenters. The fraction of sp³-hybridized carbons (Fsp3) is 0.385. The fourth-order valence-corrected chi connectivity index (χ4v) is 17.3. The highest BCUT2D eigenvalue weighted by Gasteiger charge is 2.49. The predicted molar refractivity (Wildman–Crippen MR) is 260 cm³/mol. The second-order valence-electron chi connectivity index (χ2n) is 9.20. The van der Waals surface area contributed by atoms with Crippen molar-refractivity contribution in [2.24, 2.45) is 0 Å². The van der Waals surface area contributed by atoms with Gasteiger partial charge >= 0.3 is 0 Å². The lowest BCUT2D eigenvalue weighted by atomic mass is 9.96. The van der Waals surface area contributed by atoms with Gasteiger partial charge in [-0.3, -0.25) is 0 Å². The Morgan fingerprint density at radius 1 is 0.500 bits per heavy atom. The van der Waals surface area contributed by atoms with Gasteiger partial charge in [-0.15, -0.1) is 160 Å². The Balaban J connectivity index is -0.000000112. The van der Waals surface area contributed by atoms with Crippen molar-refractivity contribution in [1.82, 2.24) is 0 Å². The maximum absolute atomic E-state index is 4.10. The van der Waals surface area contributed by atoms with Gasteiger partial charge in [0.15, 0.2) is 0 Å². The van der Waals surface area contributed by atoms with Crippen LogP contribution in [0.3, 0.4) is 0 Å². The van der Waals surface area contributed by atoms with Crippen LogP contribution < -0.4 is 0 Å². The topological polar surface area (TPSA) is 0 Å². The molecule has 0 aromatic heterocycles. The minimum Gasteiger partial charge on any atom is -0.153 e. The Bertz CT molecular complexity index is 673. The van der Waals surface area contributed by atoms with E-state index >= 15 is 0 Å². The Morgan fingerprint density at radius 3 is 0.775 bits per heavy atom. The third-order valence-electron chi connectivity index (χ3n) is 6.40. The average molecular weight is 1090 g/mol. The van der Waals surface area contributed by atoms with Gasteiger partial charge in [-0.05, 0) is 50.1 Å². The van der Waals surface area contributed by atoms with E-state index in [1.165, 1.54) is 0 Å². The molecule has 1 aliphatic rings. The van der Waals surface area contributed by atoms with E-state index in [9.17, 15) is 0 Å². The smallest absolute Gasteiger partial charge is 0.0937 e. The van der Waals surface area contributed by atoms with Crippen molar-refractivity contribution in [2.75, 3.05) is 0 Å². The van der Waals surface area contributed by atoms with E-state index in [1.54, 1.807) is 10.4 Å². The van der Waals surface area contributed by atoms with E-state index in [0.29, 0.717) is 0 Å². The first kappa shape index (κ1) is 70.2. The highest BCUT2D eigenvalue weighted by molar-refractivity contribution is 8.93. The van der Waals surface area contributed by atoms with Gasteiger partial charge in [-0.25, -0.2) is 0 Å². The van der Waals surface area contributed by atoms with Crippen LogP contribution in [-0.2, 0) is 0 Å². The molecule has 244 valence electrons. The minimum absolute atomic E-state index is 0. The van der Waals surface area contributed by atoms with Crippen LogP contribution >= 0.6 is 160 Å². The molecule has 0 radical (unpaired) electrons. The van der Waals surface area contributed by atoms with Crippen LogP contribution in [-0.4, -0.2) is 26.5 Å². The summed E-state index contributed by atoms with van der Waals surface area (Å²) < 4.78 is 0. The molecule has 0 fully saturated rings. The zero-order valence-corrected chi connectivity index (χ0v) is 44.8. The van der Waals surface area contributed by atoms with E-state index in [4.69, 9.17) is 0 Å². The highest BCUT2D eigenvalue weighted by Crippen LogP contribution is 2.53. The molecule has 0 nitrogen and oxygen atoms in total. The second-order valence-corrected chi connectivity index (χ2v) is 20.2. The van der Waals surface area contributed by atoms with Gasteiger partial charge in [0.25, 0.3) is 0 Å². The SMILES string of the molecule is Br.Br.Br.Br.Br.Br.C=CC[Si](CC=C)(CC=C)C1=CC(C)(P)C([Si](CC=C)(CC=C)CC=C)=CC1(C)P.P.P.P.P. The lowest BCUT2D eigenvalue weighted by molar-refractivity contribution is 0.842. The highest BCUT2D eigenvalue weighted by atomic mass is 79.9. The molecule has 0 amide bonds. The van der Waals surface area contributed by atoms with E-state index in [1.807, 2.05) is 0 Å². The van der Waals surface area contributed by atoms with Gasteiger partial charge in [0, 0.05) is 10.3 Å². The molecule has 0 aliphatic heterocycles. The molecule has 40 heavy (non-hydrogen) atoms. The molecule has 0 aromatic rings. The Kier molecular flexibility index (Phi) is 57.5. The van der Waals surface area contributed by atoms with Crippen molar-refractivity contribution in [2.45, 2.75) is 60.4 Å². The van der Waals surface area contributed by atoms with Crippen molar-refractivity contribution >= 4 is 176 Å². The van der Waals surface area contributed by atoms with Crippen molar-refractivity contribution in [3.8, 4) is 0 Å². The second kappa shape index (κ2) is 32.7. The third-order valence-corrected chi connectivity index (χ3v) is 18.0. The summed E-state index contributed by atoms with van der Waals surface area (Å²) in [5.74, 6) is 0. The predicted octanol–water partition coefficient (Wildman–Crippen LogP) is 11.9. The molecule has 0 aromatic carbocycles. The van der Waals surface area contributed by atoms with Crippen LogP contribution in [0.1, 0.15) is 13.8 Å². The number of allylic oxidation sites excluding steroid dienone is 10. The first-order valence-corrected chi connectivity index (χ1v) is 17.1. The van der Waals surface area contributed by atoms with Crippen molar-refractivity contribution < 1.29 is 0 Å². The van der Waals surface area contributed by atoms with Crippen molar-refractivity contribution in [3.05, 3.63) is 98.5 Å². The first-order valence-electron chi connectivity index (χ1n) is 10.8. The van der Waals surface area contributed by atoms with Crippen molar-refractivity contribution in [3.63, 3.8) is 0 Å². The zero-order valence-electron chi connectivity index (χ0n) is 24.5. The summed E-state index contributed by atoms with van der Waals surface area (Å²) in [5.41, 5.74) is 0. The normalized spacial score (nSPS) is 18.2. The summed E-state index contributed by atoms with van der Waals surface area (Å²) in [6.45, 7) is 29.3. The number of hydrogen-bond donors (Lipinski definition) is 0. The maximum atomic E-state index is 4.10. The molecule has 8 unspecified atom stereocenters.